The van der Waals surface area contributed by atoms with Crippen LogP contribution in [0.1, 0.15) is 43.6 Å². The predicted octanol–water partition coefficient (Wildman–Crippen LogP) is 4.55. The lowest BCUT2D eigenvalue weighted by molar-refractivity contribution is 0.0272. The standard InChI is InChI=1S/C20H26ClNO/c21-16-9-7-15(8-10-16)19-17-5-1-2-6-18(17)20(19)22-12-14-4-3-11-23-13-14/h4,7-10,17-20,22H,1-3,5-6,11-13H2/t17-,18-,19-,20-/m0/s1. The fraction of sp³-hybridized carbons (Fsp3) is 0.600. The smallest absolute Gasteiger partial charge is 0.0689 e. The lowest BCUT2D eigenvalue weighted by atomic mass is 9.53. The number of hydrogen-bond acceptors (Lipinski definition) is 2. The van der Waals surface area contributed by atoms with E-state index in [1.54, 1.807) is 0 Å². The molecule has 2 aliphatic carbocycles. The van der Waals surface area contributed by atoms with Gasteiger partial charge >= 0.3 is 0 Å². The Hall–Kier alpha value is -0.830. The molecule has 0 radical (unpaired) electrons. The van der Waals surface area contributed by atoms with Crippen LogP contribution in [0.4, 0.5) is 0 Å². The minimum absolute atomic E-state index is 0.615. The summed E-state index contributed by atoms with van der Waals surface area (Å²) in [6.45, 7) is 2.67. The second-order valence-corrected chi connectivity index (χ2v) is 7.74. The molecule has 1 aliphatic heterocycles. The number of benzene rings is 1. The molecule has 23 heavy (non-hydrogen) atoms. The Balaban J connectivity index is 1.48. The molecule has 3 heteroatoms. The van der Waals surface area contributed by atoms with E-state index in [-0.39, 0.29) is 0 Å². The maximum Gasteiger partial charge on any atom is 0.0689 e. The van der Waals surface area contributed by atoms with Gasteiger partial charge in [0.05, 0.1) is 13.2 Å². The molecule has 1 N–H and O–H groups in total. The molecule has 1 heterocycles. The van der Waals surface area contributed by atoms with E-state index in [9.17, 15) is 0 Å². The second kappa shape index (κ2) is 6.96. The molecule has 4 rings (SSSR count). The number of halogens is 1. The van der Waals surface area contributed by atoms with Gasteiger partial charge in [0.15, 0.2) is 0 Å². The summed E-state index contributed by atoms with van der Waals surface area (Å²) in [6, 6.07) is 9.16. The van der Waals surface area contributed by atoms with Crippen LogP contribution in [0.3, 0.4) is 0 Å². The first-order valence-corrected chi connectivity index (χ1v) is 9.45. The number of fused-ring (bicyclic) bond motifs is 1. The van der Waals surface area contributed by atoms with Crippen molar-refractivity contribution in [2.24, 2.45) is 11.8 Å². The average Bonchev–Trinajstić information content (AvgIpc) is 2.59. The summed E-state index contributed by atoms with van der Waals surface area (Å²) in [7, 11) is 0. The Kier molecular flexibility index (Phi) is 4.75. The summed E-state index contributed by atoms with van der Waals surface area (Å²) in [5, 5.41) is 4.71. The summed E-state index contributed by atoms with van der Waals surface area (Å²) in [5.74, 6) is 2.37. The molecule has 0 aromatic heterocycles. The van der Waals surface area contributed by atoms with Crippen LogP contribution in [-0.4, -0.2) is 25.8 Å². The molecule has 0 unspecified atom stereocenters. The summed E-state index contributed by atoms with van der Waals surface area (Å²) < 4.78 is 5.57. The van der Waals surface area contributed by atoms with Gasteiger partial charge in [-0.1, -0.05) is 42.7 Å². The third-order valence-corrected chi connectivity index (χ3v) is 6.24. The van der Waals surface area contributed by atoms with Crippen molar-refractivity contribution < 1.29 is 4.74 Å². The molecule has 1 aromatic carbocycles. The lowest BCUT2D eigenvalue weighted by Crippen LogP contribution is -2.58. The van der Waals surface area contributed by atoms with E-state index < -0.39 is 0 Å². The van der Waals surface area contributed by atoms with Crippen LogP contribution in [0.25, 0.3) is 0 Å². The largest absolute Gasteiger partial charge is 0.377 e. The number of rotatable bonds is 4. The van der Waals surface area contributed by atoms with E-state index in [4.69, 9.17) is 16.3 Å². The number of hydrogen-bond donors (Lipinski definition) is 1. The van der Waals surface area contributed by atoms with Gasteiger partial charge in [-0.15, -0.1) is 0 Å². The quantitative estimate of drug-likeness (QED) is 0.817. The Morgan fingerprint density at radius 3 is 2.61 bits per heavy atom. The first-order valence-electron chi connectivity index (χ1n) is 9.07. The third kappa shape index (κ3) is 3.22. The highest BCUT2D eigenvalue weighted by Crippen LogP contribution is 2.54. The van der Waals surface area contributed by atoms with Crippen molar-refractivity contribution in [3.05, 3.63) is 46.5 Å². The molecule has 124 valence electrons. The fourth-order valence-corrected chi connectivity index (χ4v) is 4.99. The Labute approximate surface area is 144 Å². The lowest BCUT2D eigenvalue weighted by Gasteiger charge is -2.55. The van der Waals surface area contributed by atoms with Crippen LogP contribution < -0.4 is 5.32 Å². The van der Waals surface area contributed by atoms with Gasteiger partial charge in [0.2, 0.25) is 0 Å². The fourth-order valence-electron chi connectivity index (χ4n) is 4.87. The summed E-state index contributed by atoms with van der Waals surface area (Å²) in [6.07, 6.45) is 9.00. The SMILES string of the molecule is Clc1ccc([C@H]2[C@H]3CCCC[C@@H]3[C@@H]2NCC2=CCCOC2)cc1. The third-order valence-electron chi connectivity index (χ3n) is 5.99. The molecule has 2 saturated carbocycles. The zero-order chi connectivity index (χ0) is 15.6. The van der Waals surface area contributed by atoms with Gasteiger partial charge in [0.25, 0.3) is 0 Å². The van der Waals surface area contributed by atoms with Crippen molar-refractivity contribution in [3.8, 4) is 0 Å². The van der Waals surface area contributed by atoms with Crippen molar-refractivity contribution in [2.45, 2.75) is 44.1 Å². The van der Waals surface area contributed by atoms with Gasteiger partial charge in [0, 0.05) is 23.5 Å². The molecule has 0 spiro atoms. The van der Waals surface area contributed by atoms with Crippen molar-refractivity contribution in [1.29, 1.82) is 0 Å². The summed E-state index contributed by atoms with van der Waals surface area (Å²) in [4.78, 5) is 0. The van der Waals surface area contributed by atoms with Gasteiger partial charge in [0.1, 0.15) is 0 Å². The summed E-state index contributed by atoms with van der Waals surface area (Å²) >= 11 is 6.08. The molecule has 0 bridgehead atoms. The van der Waals surface area contributed by atoms with Crippen molar-refractivity contribution >= 4 is 11.6 Å². The molecule has 4 atom stereocenters. The molecule has 2 fully saturated rings. The van der Waals surface area contributed by atoms with Crippen LogP contribution in [-0.2, 0) is 4.74 Å². The van der Waals surface area contributed by atoms with E-state index in [0.29, 0.717) is 12.0 Å². The van der Waals surface area contributed by atoms with Crippen LogP contribution in [0.15, 0.2) is 35.9 Å². The maximum atomic E-state index is 6.08. The normalized spacial score (nSPS) is 33.5. The van der Waals surface area contributed by atoms with Gasteiger partial charge < -0.3 is 10.1 Å². The van der Waals surface area contributed by atoms with Gasteiger partial charge in [-0.3, -0.25) is 0 Å². The average molecular weight is 332 g/mol. The van der Waals surface area contributed by atoms with Crippen LogP contribution in [0.5, 0.6) is 0 Å². The second-order valence-electron chi connectivity index (χ2n) is 7.30. The predicted molar refractivity (Wildman–Crippen MR) is 95.0 cm³/mol. The highest BCUT2D eigenvalue weighted by Gasteiger charge is 2.50. The Morgan fingerprint density at radius 2 is 1.87 bits per heavy atom. The van der Waals surface area contributed by atoms with Gasteiger partial charge in [-0.25, -0.2) is 0 Å². The minimum atomic E-state index is 0.615. The summed E-state index contributed by atoms with van der Waals surface area (Å²) in [5.41, 5.74) is 2.88. The molecule has 3 aliphatic rings. The van der Waals surface area contributed by atoms with Gasteiger partial charge in [-0.05, 0) is 54.4 Å². The van der Waals surface area contributed by atoms with E-state index in [1.807, 2.05) is 12.1 Å². The Bertz CT molecular complexity index is 568. The van der Waals surface area contributed by atoms with Crippen molar-refractivity contribution in [2.75, 3.05) is 19.8 Å². The highest BCUT2D eigenvalue weighted by atomic mass is 35.5. The number of ether oxygens (including phenoxy) is 1. The first-order chi connectivity index (χ1) is 11.3. The zero-order valence-corrected chi connectivity index (χ0v) is 14.4. The molecular weight excluding hydrogens is 306 g/mol. The molecular formula is C20H26ClNO. The number of nitrogens with one attached hydrogen (secondary N) is 1. The van der Waals surface area contributed by atoms with E-state index in [2.05, 4.69) is 23.5 Å². The Morgan fingerprint density at radius 1 is 1.09 bits per heavy atom. The van der Waals surface area contributed by atoms with Crippen LogP contribution >= 0.6 is 11.6 Å². The van der Waals surface area contributed by atoms with E-state index >= 15 is 0 Å². The van der Waals surface area contributed by atoms with Crippen LogP contribution in [0, 0.1) is 11.8 Å². The molecule has 1 aromatic rings. The molecule has 0 saturated heterocycles. The zero-order valence-electron chi connectivity index (χ0n) is 13.6. The highest BCUT2D eigenvalue weighted by molar-refractivity contribution is 6.30. The molecule has 0 amide bonds. The maximum absolute atomic E-state index is 6.08. The monoisotopic (exact) mass is 331 g/mol. The first kappa shape index (κ1) is 15.7. The van der Waals surface area contributed by atoms with E-state index in [0.717, 1.165) is 43.0 Å². The topological polar surface area (TPSA) is 21.3 Å². The van der Waals surface area contributed by atoms with E-state index in [1.165, 1.54) is 36.8 Å². The van der Waals surface area contributed by atoms with Crippen molar-refractivity contribution in [1.82, 2.24) is 5.32 Å². The molecule has 2 nitrogen and oxygen atoms in total. The van der Waals surface area contributed by atoms with Gasteiger partial charge in [-0.2, -0.15) is 0 Å². The minimum Gasteiger partial charge on any atom is -0.377 e. The van der Waals surface area contributed by atoms with Crippen LogP contribution in [0.2, 0.25) is 5.02 Å². The van der Waals surface area contributed by atoms with Crippen molar-refractivity contribution in [3.63, 3.8) is 0 Å².